The van der Waals surface area contributed by atoms with Gasteiger partial charge in [0.05, 0.1) is 11.1 Å². The minimum absolute atomic E-state index is 0.434. The van der Waals surface area contributed by atoms with E-state index in [9.17, 15) is 5.11 Å². The molecule has 2 rings (SSSR count). The summed E-state index contributed by atoms with van der Waals surface area (Å²) in [5, 5.41) is 10.2. The first-order chi connectivity index (χ1) is 9.08. The van der Waals surface area contributed by atoms with E-state index in [1.807, 2.05) is 43.3 Å². The first-order valence-corrected chi connectivity index (χ1v) is 6.60. The molecule has 0 aliphatic rings. The molecule has 0 fully saturated rings. The van der Waals surface area contributed by atoms with E-state index < -0.39 is 6.10 Å². The molecule has 0 saturated heterocycles. The molecule has 0 aliphatic carbocycles. The number of aliphatic hydroxyl groups excluding tert-OH is 1. The van der Waals surface area contributed by atoms with Gasteiger partial charge >= 0.3 is 0 Å². The maximum Gasteiger partial charge on any atom is 0.144 e. The highest BCUT2D eigenvalue weighted by Gasteiger charge is 2.12. The van der Waals surface area contributed by atoms with Crippen LogP contribution in [0.2, 0.25) is 5.02 Å². The molecule has 0 bridgehead atoms. The van der Waals surface area contributed by atoms with E-state index in [-0.39, 0.29) is 0 Å². The maximum absolute atomic E-state index is 9.72. The van der Waals surface area contributed by atoms with Crippen molar-refractivity contribution in [2.24, 2.45) is 0 Å². The number of ether oxygens (including phenoxy) is 1. The standard InChI is InChI=1S/C16H17ClO2/c1-11-6-8-13(9-7-11)10-19-16-14(12(2)18)4-3-5-15(16)17/h3-9,12,18H,10H2,1-2H3. The zero-order valence-corrected chi connectivity index (χ0v) is 11.8. The van der Waals surface area contributed by atoms with Crippen molar-refractivity contribution in [3.05, 3.63) is 64.2 Å². The number of hydrogen-bond donors (Lipinski definition) is 1. The number of para-hydroxylation sites is 1. The van der Waals surface area contributed by atoms with E-state index in [1.54, 1.807) is 13.0 Å². The molecule has 0 aliphatic heterocycles. The summed E-state index contributed by atoms with van der Waals surface area (Å²) in [7, 11) is 0. The fourth-order valence-electron chi connectivity index (χ4n) is 1.85. The van der Waals surface area contributed by atoms with Gasteiger partial charge in [-0.3, -0.25) is 0 Å². The predicted molar refractivity (Wildman–Crippen MR) is 77.6 cm³/mol. The van der Waals surface area contributed by atoms with E-state index in [0.29, 0.717) is 22.9 Å². The largest absolute Gasteiger partial charge is 0.487 e. The summed E-state index contributed by atoms with van der Waals surface area (Å²) in [4.78, 5) is 0. The van der Waals surface area contributed by atoms with Gasteiger partial charge in [0.1, 0.15) is 12.4 Å². The highest BCUT2D eigenvalue weighted by molar-refractivity contribution is 6.32. The van der Waals surface area contributed by atoms with Gasteiger partial charge in [0, 0.05) is 5.56 Å². The quantitative estimate of drug-likeness (QED) is 0.903. The summed E-state index contributed by atoms with van der Waals surface area (Å²) in [6.07, 6.45) is -0.605. The summed E-state index contributed by atoms with van der Waals surface area (Å²) >= 11 is 6.13. The van der Waals surface area contributed by atoms with Crippen LogP contribution in [0, 0.1) is 6.92 Å². The Balaban J connectivity index is 2.17. The van der Waals surface area contributed by atoms with E-state index in [0.717, 1.165) is 5.56 Å². The molecule has 3 heteroatoms. The van der Waals surface area contributed by atoms with Crippen molar-refractivity contribution in [1.82, 2.24) is 0 Å². The summed E-state index contributed by atoms with van der Waals surface area (Å²) in [5.41, 5.74) is 2.99. The third kappa shape index (κ3) is 3.49. The lowest BCUT2D eigenvalue weighted by atomic mass is 10.1. The summed E-state index contributed by atoms with van der Waals surface area (Å²) in [6.45, 7) is 4.18. The molecule has 2 aromatic carbocycles. The predicted octanol–water partition coefficient (Wildman–Crippen LogP) is 4.28. The molecule has 0 spiro atoms. The average molecular weight is 277 g/mol. The molecule has 2 nitrogen and oxygen atoms in total. The minimum Gasteiger partial charge on any atom is -0.487 e. The number of aliphatic hydroxyl groups is 1. The van der Waals surface area contributed by atoms with Crippen LogP contribution in [0.1, 0.15) is 29.7 Å². The summed E-state index contributed by atoms with van der Waals surface area (Å²) in [6, 6.07) is 13.5. The zero-order chi connectivity index (χ0) is 13.8. The first kappa shape index (κ1) is 13.9. The number of hydrogen-bond acceptors (Lipinski definition) is 2. The molecule has 2 aromatic rings. The molecule has 1 unspecified atom stereocenters. The summed E-state index contributed by atoms with van der Waals surface area (Å²) < 4.78 is 5.76. The van der Waals surface area contributed by atoms with Crippen LogP contribution in [0.4, 0.5) is 0 Å². The maximum atomic E-state index is 9.72. The smallest absolute Gasteiger partial charge is 0.144 e. The highest BCUT2D eigenvalue weighted by atomic mass is 35.5. The van der Waals surface area contributed by atoms with Crippen LogP contribution in [-0.4, -0.2) is 5.11 Å². The van der Waals surface area contributed by atoms with Crippen LogP contribution in [0.5, 0.6) is 5.75 Å². The second-order valence-electron chi connectivity index (χ2n) is 4.61. The van der Waals surface area contributed by atoms with Crippen LogP contribution in [0.15, 0.2) is 42.5 Å². The molecule has 0 radical (unpaired) electrons. The fourth-order valence-corrected chi connectivity index (χ4v) is 2.08. The Morgan fingerprint density at radius 2 is 1.84 bits per heavy atom. The van der Waals surface area contributed by atoms with E-state index in [4.69, 9.17) is 16.3 Å². The Labute approximate surface area is 118 Å². The Morgan fingerprint density at radius 3 is 2.47 bits per heavy atom. The molecule has 100 valence electrons. The molecule has 0 amide bonds. The van der Waals surface area contributed by atoms with Crippen LogP contribution < -0.4 is 4.74 Å². The van der Waals surface area contributed by atoms with E-state index in [1.165, 1.54) is 5.56 Å². The van der Waals surface area contributed by atoms with Crippen molar-refractivity contribution in [3.63, 3.8) is 0 Å². The second kappa shape index (κ2) is 6.09. The fraction of sp³-hybridized carbons (Fsp3) is 0.250. The lowest BCUT2D eigenvalue weighted by Crippen LogP contribution is -2.01. The Hall–Kier alpha value is -1.51. The van der Waals surface area contributed by atoms with Crippen LogP contribution in [0.3, 0.4) is 0 Å². The second-order valence-corrected chi connectivity index (χ2v) is 5.02. The first-order valence-electron chi connectivity index (χ1n) is 6.22. The monoisotopic (exact) mass is 276 g/mol. The van der Waals surface area contributed by atoms with Crippen LogP contribution in [-0.2, 0) is 6.61 Å². The topological polar surface area (TPSA) is 29.5 Å². The molecule has 0 aromatic heterocycles. The van der Waals surface area contributed by atoms with Crippen LogP contribution in [0.25, 0.3) is 0 Å². The number of aryl methyl sites for hydroxylation is 1. The lowest BCUT2D eigenvalue weighted by Gasteiger charge is -2.15. The van der Waals surface area contributed by atoms with Gasteiger partial charge in [-0.1, -0.05) is 53.6 Å². The molecular formula is C16H17ClO2. The van der Waals surface area contributed by atoms with Gasteiger partial charge in [-0.15, -0.1) is 0 Å². The normalized spacial score (nSPS) is 12.2. The molecule has 1 N–H and O–H groups in total. The third-order valence-corrected chi connectivity index (χ3v) is 3.25. The van der Waals surface area contributed by atoms with Gasteiger partial charge < -0.3 is 9.84 Å². The number of halogens is 1. The van der Waals surface area contributed by atoms with Gasteiger partial charge in [0.25, 0.3) is 0 Å². The van der Waals surface area contributed by atoms with E-state index in [2.05, 4.69) is 0 Å². The van der Waals surface area contributed by atoms with Gasteiger partial charge in [0.2, 0.25) is 0 Å². The number of rotatable bonds is 4. The van der Waals surface area contributed by atoms with Crippen molar-refractivity contribution in [1.29, 1.82) is 0 Å². The van der Waals surface area contributed by atoms with Gasteiger partial charge in [-0.25, -0.2) is 0 Å². The SMILES string of the molecule is Cc1ccc(COc2c(Cl)cccc2C(C)O)cc1. The molecule has 19 heavy (non-hydrogen) atoms. The Bertz CT molecular complexity index is 547. The summed E-state index contributed by atoms with van der Waals surface area (Å²) in [5.74, 6) is 0.555. The lowest BCUT2D eigenvalue weighted by molar-refractivity contribution is 0.190. The average Bonchev–Trinajstić information content (AvgIpc) is 2.39. The Morgan fingerprint density at radius 1 is 1.16 bits per heavy atom. The van der Waals surface area contributed by atoms with Crippen molar-refractivity contribution in [2.45, 2.75) is 26.6 Å². The Kier molecular flexibility index (Phi) is 4.46. The molecule has 1 atom stereocenters. The third-order valence-electron chi connectivity index (χ3n) is 2.95. The van der Waals surface area contributed by atoms with Crippen molar-refractivity contribution >= 4 is 11.6 Å². The van der Waals surface area contributed by atoms with Crippen LogP contribution >= 0.6 is 11.6 Å². The van der Waals surface area contributed by atoms with Crippen molar-refractivity contribution in [2.75, 3.05) is 0 Å². The molecule has 0 saturated carbocycles. The zero-order valence-electron chi connectivity index (χ0n) is 11.1. The number of benzene rings is 2. The highest BCUT2D eigenvalue weighted by Crippen LogP contribution is 2.33. The van der Waals surface area contributed by atoms with Crippen molar-refractivity contribution in [3.8, 4) is 5.75 Å². The molecule has 0 heterocycles. The van der Waals surface area contributed by atoms with Gasteiger partial charge in [-0.05, 0) is 25.5 Å². The van der Waals surface area contributed by atoms with Gasteiger partial charge in [-0.2, -0.15) is 0 Å². The minimum atomic E-state index is -0.605. The van der Waals surface area contributed by atoms with Crippen molar-refractivity contribution < 1.29 is 9.84 Å². The molecular weight excluding hydrogens is 260 g/mol. The van der Waals surface area contributed by atoms with Gasteiger partial charge in [0.15, 0.2) is 0 Å². The van der Waals surface area contributed by atoms with E-state index >= 15 is 0 Å².